The predicted octanol–water partition coefficient (Wildman–Crippen LogP) is 2.88. The third-order valence-corrected chi connectivity index (χ3v) is 4.22. The van der Waals surface area contributed by atoms with E-state index in [1.54, 1.807) is 12.5 Å². The summed E-state index contributed by atoms with van der Waals surface area (Å²) in [5.74, 6) is -0.257. The monoisotopic (exact) mass is 316 g/mol. The zero-order chi connectivity index (χ0) is 16.4. The largest absolute Gasteiger partial charge is 0.306 e. The zero-order valence-electron chi connectivity index (χ0n) is 13.0. The highest BCUT2D eigenvalue weighted by Crippen LogP contribution is 2.25. The predicted molar refractivity (Wildman–Crippen MR) is 92.0 cm³/mol. The van der Waals surface area contributed by atoms with Crippen molar-refractivity contribution < 1.29 is 4.79 Å². The standard InChI is InChI=1S/C19H16N4O/c24-19-17(14-4-2-1-3-5-14)12-18(21-22-19)15-6-8-16(9-7-15)23-11-10-20-13-23/h1-11,13,17H,12H2,(H,22,24). The van der Waals surface area contributed by atoms with Crippen molar-refractivity contribution in [3.8, 4) is 5.69 Å². The number of nitrogens with zero attached hydrogens (tertiary/aromatic N) is 3. The third kappa shape index (κ3) is 2.72. The summed E-state index contributed by atoms with van der Waals surface area (Å²) in [6.45, 7) is 0. The summed E-state index contributed by atoms with van der Waals surface area (Å²) < 4.78 is 1.95. The highest BCUT2D eigenvalue weighted by atomic mass is 16.2. The van der Waals surface area contributed by atoms with Gasteiger partial charge in [0.05, 0.1) is 18.0 Å². The Morgan fingerprint density at radius 3 is 2.54 bits per heavy atom. The molecule has 1 atom stereocenters. The molecular formula is C19H16N4O. The summed E-state index contributed by atoms with van der Waals surface area (Å²) in [5, 5.41) is 4.25. The Bertz CT molecular complexity index is 867. The maximum absolute atomic E-state index is 12.2. The first-order valence-corrected chi connectivity index (χ1v) is 7.81. The summed E-state index contributed by atoms with van der Waals surface area (Å²) in [6, 6.07) is 17.9. The number of imidazole rings is 1. The average molecular weight is 316 g/mol. The van der Waals surface area contributed by atoms with E-state index in [1.807, 2.05) is 65.4 Å². The summed E-state index contributed by atoms with van der Waals surface area (Å²) in [5.41, 5.74) is 6.61. The van der Waals surface area contributed by atoms with Crippen LogP contribution in [0.5, 0.6) is 0 Å². The van der Waals surface area contributed by atoms with Gasteiger partial charge in [0.15, 0.2) is 0 Å². The van der Waals surface area contributed by atoms with Crippen LogP contribution in [0.15, 0.2) is 78.4 Å². The van der Waals surface area contributed by atoms with E-state index in [4.69, 9.17) is 0 Å². The molecule has 1 aliphatic heterocycles. The van der Waals surface area contributed by atoms with Crippen molar-refractivity contribution in [2.24, 2.45) is 5.10 Å². The Balaban J connectivity index is 1.59. The summed E-state index contributed by atoms with van der Waals surface area (Å²) in [4.78, 5) is 16.2. The van der Waals surface area contributed by atoms with Crippen LogP contribution in [0.3, 0.4) is 0 Å². The Morgan fingerprint density at radius 2 is 1.83 bits per heavy atom. The molecule has 0 fully saturated rings. The Hall–Kier alpha value is -3.21. The van der Waals surface area contributed by atoms with Crippen LogP contribution in [0.2, 0.25) is 0 Å². The molecule has 5 nitrogen and oxygen atoms in total. The van der Waals surface area contributed by atoms with Crippen molar-refractivity contribution in [3.05, 3.63) is 84.4 Å². The average Bonchev–Trinajstić information content (AvgIpc) is 3.18. The van der Waals surface area contributed by atoms with Crippen molar-refractivity contribution in [1.82, 2.24) is 15.0 Å². The highest BCUT2D eigenvalue weighted by Gasteiger charge is 2.26. The van der Waals surface area contributed by atoms with Gasteiger partial charge in [0.1, 0.15) is 0 Å². The van der Waals surface area contributed by atoms with Crippen LogP contribution in [0.25, 0.3) is 5.69 Å². The normalized spacial score (nSPS) is 17.2. The van der Waals surface area contributed by atoms with Crippen LogP contribution < -0.4 is 5.43 Å². The first kappa shape index (κ1) is 14.4. The number of aromatic nitrogens is 2. The molecule has 118 valence electrons. The molecule has 1 aliphatic rings. The molecule has 5 heteroatoms. The topological polar surface area (TPSA) is 59.3 Å². The van der Waals surface area contributed by atoms with Gasteiger partial charge in [-0.15, -0.1) is 0 Å². The second-order valence-electron chi connectivity index (χ2n) is 5.72. The van der Waals surface area contributed by atoms with Crippen LogP contribution in [0.1, 0.15) is 23.5 Å². The number of rotatable bonds is 3. The molecule has 0 bridgehead atoms. The molecule has 0 saturated heterocycles. The van der Waals surface area contributed by atoms with E-state index in [0.29, 0.717) is 6.42 Å². The minimum atomic E-state index is -0.202. The van der Waals surface area contributed by atoms with E-state index < -0.39 is 0 Å². The van der Waals surface area contributed by atoms with Crippen LogP contribution in [-0.4, -0.2) is 21.2 Å². The Kier molecular flexibility index (Phi) is 3.67. The maximum atomic E-state index is 12.2. The number of hydrazone groups is 1. The number of carbonyl (C=O) groups excluding carboxylic acids is 1. The molecule has 3 aromatic rings. The van der Waals surface area contributed by atoms with Crippen molar-refractivity contribution >= 4 is 11.6 Å². The van der Waals surface area contributed by atoms with Crippen LogP contribution in [0, 0.1) is 0 Å². The minimum Gasteiger partial charge on any atom is -0.306 e. The molecular weight excluding hydrogens is 300 g/mol. The molecule has 0 spiro atoms. The maximum Gasteiger partial charge on any atom is 0.248 e. The first-order chi connectivity index (χ1) is 11.8. The summed E-state index contributed by atoms with van der Waals surface area (Å²) >= 11 is 0. The smallest absolute Gasteiger partial charge is 0.248 e. The first-order valence-electron chi connectivity index (χ1n) is 7.81. The molecule has 2 heterocycles. The lowest BCUT2D eigenvalue weighted by molar-refractivity contribution is -0.122. The molecule has 4 rings (SSSR count). The molecule has 1 amide bonds. The lowest BCUT2D eigenvalue weighted by atomic mass is 9.89. The second-order valence-corrected chi connectivity index (χ2v) is 5.72. The number of carbonyl (C=O) groups is 1. The van der Waals surface area contributed by atoms with E-state index in [2.05, 4.69) is 15.5 Å². The van der Waals surface area contributed by atoms with Gasteiger partial charge < -0.3 is 4.57 Å². The minimum absolute atomic E-state index is 0.0556. The quantitative estimate of drug-likeness (QED) is 0.807. The van der Waals surface area contributed by atoms with E-state index in [1.165, 1.54) is 0 Å². The molecule has 1 unspecified atom stereocenters. The fourth-order valence-electron chi connectivity index (χ4n) is 2.91. The number of nitrogens with one attached hydrogen (secondary N) is 1. The number of hydrogen-bond acceptors (Lipinski definition) is 3. The van der Waals surface area contributed by atoms with Gasteiger partial charge in [-0.3, -0.25) is 4.79 Å². The lowest BCUT2D eigenvalue weighted by Crippen LogP contribution is -2.33. The van der Waals surface area contributed by atoms with Crippen LogP contribution in [0.4, 0.5) is 0 Å². The number of hydrogen-bond donors (Lipinski definition) is 1. The SMILES string of the molecule is O=C1NN=C(c2ccc(-n3ccnc3)cc2)CC1c1ccccc1. The van der Waals surface area contributed by atoms with Crippen LogP contribution >= 0.6 is 0 Å². The highest BCUT2D eigenvalue weighted by molar-refractivity contribution is 6.06. The molecule has 0 radical (unpaired) electrons. The molecule has 24 heavy (non-hydrogen) atoms. The van der Waals surface area contributed by atoms with Gasteiger partial charge in [0.25, 0.3) is 0 Å². The molecule has 0 aliphatic carbocycles. The van der Waals surface area contributed by atoms with Crippen molar-refractivity contribution in [2.45, 2.75) is 12.3 Å². The molecule has 2 aromatic carbocycles. The number of benzene rings is 2. The van der Waals surface area contributed by atoms with E-state index in [9.17, 15) is 4.79 Å². The summed E-state index contributed by atoms with van der Waals surface area (Å²) in [7, 11) is 0. The number of amides is 1. The van der Waals surface area contributed by atoms with Gasteiger partial charge in [-0.1, -0.05) is 42.5 Å². The van der Waals surface area contributed by atoms with Gasteiger partial charge >= 0.3 is 0 Å². The van der Waals surface area contributed by atoms with Crippen LogP contribution in [-0.2, 0) is 4.79 Å². The Morgan fingerprint density at radius 1 is 1.04 bits per heavy atom. The molecule has 0 saturated carbocycles. The lowest BCUT2D eigenvalue weighted by Gasteiger charge is -2.22. The molecule has 1 N–H and O–H groups in total. The van der Waals surface area contributed by atoms with Gasteiger partial charge in [-0.25, -0.2) is 10.4 Å². The fraction of sp³-hybridized carbons (Fsp3) is 0.105. The third-order valence-electron chi connectivity index (χ3n) is 4.22. The Labute approximate surface area is 139 Å². The molecule has 1 aromatic heterocycles. The van der Waals surface area contributed by atoms with Gasteiger partial charge in [0, 0.05) is 24.5 Å². The van der Waals surface area contributed by atoms with Crippen molar-refractivity contribution in [3.63, 3.8) is 0 Å². The van der Waals surface area contributed by atoms with Crippen molar-refractivity contribution in [2.75, 3.05) is 0 Å². The second kappa shape index (κ2) is 6.12. The zero-order valence-corrected chi connectivity index (χ0v) is 13.0. The summed E-state index contributed by atoms with van der Waals surface area (Å²) in [6.07, 6.45) is 6.01. The van der Waals surface area contributed by atoms with Gasteiger partial charge in [-0.05, 0) is 23.3 Å². The van der Waals surface area contributed by atoms with E-state index >= 15 is 0 Å². The van der Waals surface area contributed by atoms with E-state index in [0.717, 1.165) is 22.5 Å². The van der Waals surface area contributed by atoms with Crippen molar-refractivity contribution in [1.29, 1.82) is 0 Å². The fourth-order valence-corrected chi connectivity index (χ4v) is 2.91. The van der Waals surface area contributed by atoms with Gasteiger partial charge in [-0.2, -0.15) is 5.10 Å². The van der Waals surface area contributed by atoms with E-state index in [-0.39, 0.29) is 11.8 Å². The van der Waals surface area contributed by atoms with Gasteiger partial charge in [0.2, 0.25) is 5.91 Å².